The molecule has 0 bridgehead atoms. The van der Waals surface area contributed by atoms with Crippen LogP contribution in [0.3, 0.4) is 0 Å². The van der Waals surface area contributed by atoms with E-state index in [1.165, 1.54) is 33.3 Å². The third-order valence-corrected chi connectivity index (χ3v) is 6.77. The Hall–Kier alpha value is -2.90. The van der Waals surface area contributed by atoms with Crippen LogP contribution in [-0.4, -0.2) is 15.6 Å². The lowest BCUT2D eigenvalue weighted by atomic mass is 9.87. The molecule has 0 saturated carbocycles. The minimum absolute atomic E-state index is 0.0954. The van der Waals surface area contributed by atoms with Crippen LogP contribution in [0.25, 0.3) is 10.9 Å². The fourth-order valence-corrected chi connectivity index (χ4v) is 4.64. The summed E-state index contributed by atoms with van der Waals surface area (Å²) in [7, 11) is 0. The molecule has 31 heavy (non-hydrogen) atoms. The second kappa shape index (κ2) is 8.69. The maximum atomic E-state index is 13.1. The number of carbonyl (C=O) groups excluding carboxylic acids is 1. The summed E-state index contributed by atoms with van der Waals surface area (Å²) in [6.45, 7) is 6.56. The van der Waals surface area contributed by atoms with Crippen LogP contribution in [0.1, 0.15) is 41.6 Å². The molecule has 0 aliphatic carbocycles. The molecule has 4 rings (SSSR count). The first kappa shape index (κ1) is 21.3. The summed E-state index contributed by atoms with van der Waals surface area (Å²) < 4.78 is 1.26. The average Bonchev–Trinajstić information content (AvgIpc) is 3.29. The first-order chi connectivity index (χ1) is 14.8. The average molecular weight is 450 g/mol. The third-order valence-electron chi connectivity index (χ3n) is 4.89. The van der Waals surface area contributed by atoms with Crippen molar-refractivity contribution in [1.29, 1.82) is 0 Å². The van der Waals surface area contributed by atoms with Gasteiger partial charge < -0.3 is 0 Å². The number of nitrogens with one attached hydrogen (secondary N) is 1. The Balaban J connectivity index is 1.65. The van der Waals surface area contributed by atoms with E-state index >= 15 is 0 Å². The zero-order chi connectivity index (χ0) is 22.0. The Morgan fingerprint density at radius 3 is 2.48 bits per heavy atom. The van der Waals surface area contributed by atoms with E-state index in [1.807, 2.05) is 17.5 Å². The molecule has 1 N–H and O–H groups in total. The lowest BCUT2D eigenvalue weighted by Crippen LogP contribution is -2.34. The number of fused-ring (bicyclic) bond motifs is 1. The predicted octanol–water partition coefficient (Wildman–Crippen LogP) is 5.43. The van der Waals surface area contributed by atoms with Gasteiger partial charge in [-0.05, 0) is 40.1 Å². The molecule has 4 aromatic rings. The number of hydrogen-bond acceptors (Lipinski definition) is 5. The van der Waals surface area contributed by atoms with E-state index in [1.54, 1.807) is 24.3 Å². The van der Waals surface area contributed by atoms with E-state index in [-0.39, 0.29) is 16.9 Å². The van der Waals surface area contributed by atoms with Gasteiger partial charge in [0.15, 0.2) is 5.16 Å². The number of thiophene rings is 1. The summed E-state index contributed by atoms with van der Waals surface area (Å²) in [5.41, 5.74) is 5.54. The Bertz CT molecular complexity index is 1270. The lowest BCUT2D eigenvalue weighted by molar-refractivity contribution is 0.101. The van der Waals surface area contributed by atoms with Gasteiger partial charge in [-0.3, -0.25) is 15.0 Å². The van der Waals surface area contributed by atoms with Crippen molar-refractivity contribution < 1.29 is 4.79 Å². The van der Waals surface area contributed by atoms with Crippen LogP contribution in [0.15, 0.2) is 76.0 Å². The quantitative estimate of drug-likeness (QED) is 0.326. The Kier molecular flexibility index (Phi) is 5.98. The monoisotopic (exact) mass is 449 g/mol. The highest BCUT2D eigenvalue weighted by atomic mass is 32.2. The maximum Gasteiger partial charge on any atom is 0.281 e. The molecule has 7 heteroatoms. The van der Waals surface area contributed by atoms with E-state index in [4.69, 9.17) is 0 Å². The highest BCUT2D eigenvalue weighted by Gasteiger charge is 2.16. The van der Waals surface area contributed by atoms with Crippen molar-refractivity contribution in [3.8, 4) is 0 Å². The van der Waals surface area contributed by atoms with Crippen LogP contribution in [0, 0.1) is 0 Å². The molecule has 2 aromatic heterocycles. The first-order valence-electron chi connectivity index (χ1n) is 9.92. The molecule has 158 valence electrons. The number of benzene rings is 2. The summed E-state index contributed by atoms with van der Waals surface area (Å²) >= 11 is 2.75. The van der Waals surface area contributed by atoms with Gasteiger partial charge in [-0.1, -0.05) is 75.0 Å². The fourth-order valence-electron chi connectivity index (χ4n) is 3.12. The Labute approximate surface area is 189 Å². The summed E-state index contributed by atoms with van der Waals surface area (Å²) in [5.74, 6) is 0.301. The van der Waals surface area contributed by atoms with Gasteiger partial charge in [0.1, 0.15) is 0 Å². The molecule has 0 aliphatic heterocycles. The summed E-state index contributed by atoms with van der Waals surface area (Å²) in [4.78, 5) is 30.9. The topological polar surface area (TPSA) is 64.0 Å². The number of rotatable bonds is 5. The molecule has 0 fully saturated rings. The first-order valence-corrected chi connectivity index (χ1v) is 11.8. The van der Waals surface area contributed by atoms with E-state index in [0.717, 1.165) is 5.56 Å². The van der Waals surface area contributed by atoms with Gasteiger partial charge in [0.05, 0.1) is 15.8 Å². The highest BCUT2D eigenvalue weighted by molar-refractivity contribution is 7.98. The van der Waals surface area contributed by atoms with Crippen molar-refractivity contribution >= 4 is 39.9 Å². The van der Waals surface area contributed by atoms with Gasteiger partial charge in [0.2, 0.25) is 0 Å². The Morgan fingerprint density at radius 1 is 1.06 bits per heavy atom. The van der Waals surface area contributed by atoms with Crippen molar-refractivity contribution in [2.24, 2.45) is 0 Å². The highest BCUT2D eigenvalue weighted by Crippen LogP contribution is 2.25. The van der Waals surface area contributed by atoms with Gasteiger partial charge in [-0.2, -0.15) is 4.68 Å². The molecule has 1 amide bonds. The molecule has 0 atom stereocenters. The predicted molar refractivity (Wildman–Crippen MR) is 129 cm³/mol. The van der Waals surface area contributed by atoms with E-state index in [0.29, 0.717) is 26.7 Å². The van der Waals surface area contributed by atoms with Crippen LogP contribution in [0.5, 0.6) is 0 Å². The molecule has 0 radical (unpaired) electrons. The molecule has 0 unspecified atom stereocenters. The molecule has 2 aromatic carbocycles. The van der Waals surface area contributed by atoms with Crippen molar-refractivity contribution in [3.05, 3.63) is 92.4 Å². The largest absolute Gasteiger partial charge is 0.281 e. The number of hydrogen-bond donors (Lipinski definition) is 1. The molecule has 0 saturated heterocycles. The number of para-hydroxylation sites is 1. The number of carbonyl (C=O) groups is 1. The van der Waals surface area contributed by atoms with Crippen LogP contribution in [0.4, 0.5) is 0 Å². The zero-order valence-electron chi connectivity index (χ0n) is 17.6. The number of aromatic nitrogens is 2. The van der Waals surface area contributed by atoms with Gasteiger partial charge in [0.25, 0.3) is 11.5 Å². The molecular weight excluding hydrogens is 426 g/mol. The molecule has 0 spiro atoms. The van der Waals surface area contributed by atoms with Crippen molar-refractivity contribution in [2.45, 2.75) is 37.1 Å². The second-order valence-corrected chi connectivity index (χ2v) is 10.1. The summed E-state index contributed by atoms with van der Waals surface area (Å²) in [6, 6.07) is 19.2. The van der Waals surface area contributed by atoms with Crippen LogP contribution in [-0.2, 0) is 11.2 Å². The lowest BCUT2D eigenvalue weighted by Gasteiger charge is -2.19. The zero-order valence-corrected chi connectivity index (χ0v) is 19.2. The molecule has 0 aliphatic rings. The van der Waals surface area contributed by atoms with Crippen molar-refractivity contribution in [2.75, 3.05) is 5.43 Å². The van der Waals surface area contributed by atoms with Crippen LogP contribution < -0.4 is 11.0 Å². The van der Waals surface area contributed by atoms with Gasteiger partial charge in [-0.15, -0.1) is 11.3 Å². The molecule has 2 heterocycles. The van der Waals surface area contributed by atoms with Gasteiger partial charge in [0, 0.05) is 5.75 Å². The van der Waals surface area contributed by atoms with Crippen molar-refractivity contribution in [1.82, 2.24) is 9.66 Å². The van der Waals surface area contributed by atoms with Gasteiger partial charge in [-0.25, -0.2) is 4.98 Å². The number of amides is 1. The van der Waals surface area contributed by atoms with E-state index in [2.05, 4.69) is 55.4 Å². The van der Waals surface area contributed by atoms with Crippen molar-refractivity contribution in [3.63, 3.8) is 0 Å². The normalized spacial score (nSPS) is 11.6. The summed E-state index contributed by atoms with van der Waals surface area (Å²) in [5, 5.41) is 2.74. The van der Waals surface area contributed by atoms with Gasteiger partial charge >= 0.3 is 0 Å². The fraction of sp³-hybridized carbons (Fsp3) is 0.208. The Morgan fingerprint density at radius 2 is 1.81 bits per heavy atom. The smallest absolute Gasteiger partial charge is 0.267 e. The maximum absolute atomic E-state index is 13.1. The minimum atomic E-state index is -0.328. The molecule has 5 nitrogen and oxygen atoms in total. The van der Waals surface area contributed by atoms with Crippen LogP contribution >= 0.6 is 23.1 Å². The number of thioether (sulfide) groups is 1. The van der Waals surface area contributed by atoms with E-state index < -0.39 is 0 Å². The van der Waals surface area contributed by atoms with E-state index in [9.17, 15) is 9.59 Å². The molecular formula is C24H23N3O2S2. The van der Waals surface area contributed by atoms with Crippen LogP contribution in [0.2, 0.25) is 0 Å². The SMILES string of the molecule is CC(C)(C)c1ccc(CSc2nc3ccccc3c(=O)n2NC(=O)c2cccs2)cc1. The standard InChI is InChI=1S/C24H23N3O2S2/c1-24(2,3)17-12-10-16(11-13-17)15-31-23-25-19-8-5-4-7-18(19)22(29)27(23)26-21(28)20-9-6-14-30-20/h4-14H,15H2,1-3H3,(H,26,28). The number of nitrogens with zero attached hydrogens (tertiary/aromatic N) is 2. The third kappa shape index (κ3) is 4.73. The summed E-state index contributed by atoms with van der Waals surface area (Å²) in [6.07, 6.45) is 0. The second-order valence-electron chi connectivity index (χ2n) is 8.21. The minimum Gasteiger partial charge on any atom is -0.267 e.